The van der Waals surface area contributed by atoms with Crippen molar-refractivity contribution in [3.63, 3.8) is 0 Å². The highest BCUT2D eigenvalue weighted by Crippen LogP contribution is 2.42. The number of carbonyl (C=O) groups is 3. The molecule has 1 aliphatic carbocycles. The molecule has 5 aliphatic rings. The van der Waals surface area contributed by atoms with E-state index in [2.05, 4.69) is 31.6 Å². The van der Waals surface area contributed by atoms with Gasteiger partial charge in [0, 0.05) is 67.3 Å². The first kappa shape index (κ1) is 65.9. The fourth-order valence-electron chi connectivity index (χ4n) is 13.2. The number of amides is 3. The molecule has 6 heterocycles. The normalized spacial score (nSPS) is 20.0. The molecular weight excluding hydrogens is 1210 g/mol. The van der Waals surface area contributed by atoms with Crippen LogP contribution in [0.4, 0.5) is 11.6 Å². The Balaban J connectivity index is 0.892. The number of piperidine rings is 2. The van der Waals surface area contributed by atoms with Crippen LogP contribution in [0.1, 0.15) is 155 Å². The van der Waals surface area contributed by atoms with Crippen LogP contribution in [0.3, 0.4) is 0 Å². The summed E-state index contributed by atoms with van der Waals surface area (Å²) in [6, 6.07) is 23.9. The molecule has 1 saturated carbocycles. The summed E-state index contributed by atoms with van der Waals surface area (Å²) >= 11 is 0. The van der Waals surface area contributed by atoms with E-state index in [1.165, 1.54) is 0 Å². The number of rotatable bonds is 26. The Hall–Kier alpha value is -7.57. The lowest BCUT2D eigenvalue weighted by Gasteiger charge is -2.37. The first-order chi connectivity index (χ1) is 44.1. The van der Waals surface area contributed by atoms with Gasteiger partial charge in [0.05, 0.1) is 42.6 Å². The lowest BCUT2D eigenvalue weighted by Crippen LogP contribution is -2.55. The number of likely N-dealkylation sites (tertiary alicyclic amines) is 2. The molecule has 2 N–H and O–H groups in total. The van der Waals surface area contributed by atoms with Crippen LogP contribution in [0.15, 0.2) is 108 Å². The van der Waals surface area contributed by atoms with E-state index < -0.39 is 31.1 Å². The van der Waals surface area contributed by atoms with Gasteiger partial charge in [0.1, 0.15) is 23.2 Å². The first-order valence-corrected chi connectivity index (χ1v) is 35.4. The number of sulfonamides is 2. The predicted octanol–water partition coefficient (Wildman–Crippen LogP) is 11.4. The maximum absolute atomic E-state index is 15.1. The Kier molecular flexibility index (Phi) is 19.5. The second-order valence-electron chi connectivity index (χ2n) is 25.6. The van der Waals surface area contributed by atoms with Gasteiger partial charge in [0.15, 0.2) is 22.7 Å². The van der Waals surface area contributed by atoms with Crippen LogP contribution >= 0.6 is 0 Å². The van der Waals surface area contributed by atoms with Crippen molar-refractivity contribution in [1.29, 1.82) is 0 Å². The molecule has 4 aliphatic heterocycles. The van der Waals surface area contributed by atoms with E-state index in [1.807, 2.05) is 81.2 Å². The van der Waals surface area contributed by atoms with Crippen molar-refractivity contribution in [2.75, 3.05) is 55.9 Å². The summed E-state index contributed by atoms with van der Waals surface area (Å²) in [4.78, 5) is 61.4. The molecule has 3 fully saturated rings. The third-order valence-corrected chi connectivity index (χ3v) is 21.6. The lowest BCUT2D eigenvalue weighted by molar-refractivity contribution is -0.139. The van der Waals surface area contributed by atoms with Crippen molar-refractivity contribution in [2.24, 2.45) is 15.9 Å². The largest absolute Gasteiger partial charge is 0.377 e. The number of amidine groups is 2. The molecule has 6 aromatic rings. The molecule has 2 saturated heterocycles. The summed E-state index contributed by atoms with van der Waals surface area (Å²) in [6.45, 7) is 18.7. The maximum Gasteiger partial charge on any atom is 0.263 e. The molecule has 11 rings (SSSR count). The van der Waals surface area contributed by atoms with Gasteiger partial charge < -0.3 is 28.3 Å². The fraction of sp³-hybridized carbons (Fsp3) is 0.493. The molecule has 0 bridgehead atoms. The van der Waals surface area contributed by atoms with Gasteiger partial charge in [-0.3, -0.25) is 43.6 Å². The summed E-state index contributed by atoms with van der Waals surface area (Å²) < 4.78 is 86.5. The van der Waals surface area contributed by atoms with E-state index in [4.69, 9.17) is 28.5 Å². The van der Waals surface area contributed by atoms with Crippen molar-refractivity contribution < 1.29 is 49.7 Å². The SMILES string of the molecule is CCCCC1=NC2(CCCN(C(=O)C3CC3)C2)C(=O)N1Cc1ccc(-c2ccc(C(C)CCC3=NC4(CCCN(C)C4)C(=O)N3Cc3ccc(-c4ccccc4S(=O)(=O)Nc4noc(C)c4C)c(COCC)c3)cc2S(=O)(=O)Nc2noc(C)c2C)c(COCC)c1. The van der Waals surface area contributed by atoms with E-state index in [-0.39, 0.29) is 83.8 Å². The first-order valence-electron chi connectivity index (χ1n) is 32.4. The van der Waals surface area contributed by atoms with Crippen LogP contribution in [-0.4, -0.2) is 134 Å². The average molecular weight is 1300 g/mol. The van der Waals surface area contributed by atoms with Crippen molar-refractivity contribution >= 4 is 61.1 Å². The van der Waals surface area contributed by atoms with Gasteiger partial charge in [-0.2, -0.15) is 0 Å². The van der Waals surface area contributed by atoms with Crippen molar-refractivity contribution in [3.8, 4) is 22.3 Å². The number of ether oxygens (including phenoxy) is 2. The number of nitrogens with zero attached hydrogens (tertiary/aromatic N) is 8. The van der Waals surface area contributed by atoms with Crippen LogP contribution in [0.2, 0.25) is 0 Å². The second kappa shape index (κ2) is 27.2. The van der Waals surface area contributed by atoms with Crippen LogP contribution < -0.4 is 9.44 Å². The minimum absolute atomic E-state index is 0.0165. The molecule has 0 radical (unpaired) electrons. The lowest BCUT2D eigenvalue weighted by atomic mass is 9.88. The fourth-order valence-corrected chi connectivity index (χ4v) is 15.8. The number of nitrogens with one attached hydrogen (secondary N) is 2. The van der Waals surface area contributed by atoms with Gasteiger partial charge in [-0.05, 0) is 163 Å². The summed E-state index contributed by atoms with van der Waals surface area (Å²) in [7, 11) is -6.51. The molecule has 3 unspecified atom stereocenters. The van der Waals surface area contributed by atoms with Crippen LogP contribution in [0.5, 0.6) is 0 Å². The molecule has 3 atom stereocenters. The van der Waals surface area contributed by atoms with Crippen molar-refractivity contribution in [3.05, 3.63) is 129 Å². The van der Waals surface area contributed by atoms with Gasteiger partial charge in [-0.25, -0.2) is 16.8 Å². The average Bonchev–Trinajstić information content (AvgIpc) is 1.49. The van der Waals surface area contributed by atoms with E-state index in [0.717, 1.165) is 72.3 Å². The topological polar surface area (TPSA) is 252 Å². The van der Waals surface area contributed by atoms with Crippen LogP contribution in [-0.2, 0) is 70.2 Å². The smallest absolute Gasteiger partial charge is 0.263 e. The Morgan fingerprint density at radius 3 is 1.72 bits per heavy atom. The van der Waals surface area contributed by atoms with Crippen LogP contribution in [0.25, 0.3) is 22.3 Å². The summed E-state index contributed by atoms with van der Waals surface area (Å²) in [5.74, 6) is 2.29. The Morgan fingerprint density at radius 1 is 0.663 bits per heavy atom. The monoisotopic (exact) mass is 1290 g/mol. The number of aliphatic imine (C=N–C) groups is 2. The van der Waals surface area contributed by atoms with Crippen molar-refractivity contribution in [2.45, 2.75) is 179 Å². The maximum atomic E-state index is 15.1. The second-order valence-corrected chi connectivity index (χ2v) is 28.9. The Morgan fingerprint density at radius 2 is 1.18 bits per heavy atom. The number of hydrogen-bond donors (Lipinski definition) is 2. The highest BCUT2D eigenvalue weighted by atomic mass is 32.2. The Bertz CT molecular complexity index is 4080. The zero-order valence-corrected chi connectivity index (χ0v) is 56.0. The minimum atomic E-state index is -4.37. The number of hydrogen-bond acceptors (Lipinski definition) is 16. The molecule has 23 heteroatoms. The molecule has 21 nitrogen and oxygen atoms in total. The molecule has 92 heavy (non-hydrogen) atoms. The van der Waals surface area contributed by atoms with E-state index in [0.29, 0.717) is 116 Å². The van der Waals surface area contributed by atoms with Gasteiger partial charge in [0.25, 0.3) is 31.9 Å². The van der Waals surface area contributed by atoms with Crippen molar-refractivity contribution in [1.82, 2.24) is 29.9 Å². The number of aryl methyl sites for hydroxylation is 2. The summed E-state index contributed by atoms with van der Waals surface area (Å²) in [5.41, 5.74) is 5.16. The predicted molar refractivity (Wildman–Crippen MR) is 352 cm³/mol. The zero-order valence-electron chi connectivity index (χ0n) is 54.4. The van der Waals surface area contributed by atoms with Gasteiger partial charge in [0.2, 0.25) is 5.91 Å². The van der Waals surface area contributed by atoms with Crippen LogP contribution in [0, 0.1) is 33.6 Å². The molecule has 3 amide bonds. The Labute approximate surface area is 540 Å². The molecule has 490 valence electrons. The number of anilines is 2. The zero-order chi connectivity index (χ0) is 65.3. The molecule has 4 aromatic carbocycles. The quantitative estimate of drug-likeness (QED) is 0.0512. The van der Waals surface area contributed by atoms with E-state index in [9.17, 15) is 18.0 Å². The van der Waals surface area contributed by atoms with E-state index >= 15 is 13.2 Å². The third kappa shape index (κ3) is 13.6. The molecule has 2 spiro atoms. The van der Waals surface area contributed by atoms with E-state index in [1.54, 1.807) is 67.8 Å². The third-order valence-electron chi connectivity index (χ3n) is 18.9. The molecular formula is C69H86N10O11S2. The van der Waals surface area contributed by atoms with Gasteiger partial charge in [-0.15, -0.1) is 0 Å². The summed E-state index contributed by atoms with van der Waals surface area (Å²) in [5, 5.41) is 8.02. The van der Waals surface area contributed by atoms with Gasteiger partial charge >= 0.3 is 0 Å². The number of aromatic nitrogens is 2. The summed E-state index contributed by atoms with van der Waals surface area (Å²) in [6.07, 6.45) is 7.75. The standard InChI is InChI=1S/C69H86N10O11S2/c1-10-13-20-61-70-69(32-17-34-77(43-69)65(80)51-24-25-51)67(82)78(61)38-49-23-28-56(54(36-49)41-88-12-3)58-29-26-52(37-60(58)92(85,86)75-64-46(6)48(8)90-73-64)44(4)21-30-62-71-68(31-16-33-76(9)42-68)66(81)79(62)39-50-22-27-55(53(35-50)40-87-11-2)57-18-14-15-19-59(57)91(83,84)74-63-45(5)47(7)89-72-63/h14-15,18-19,22-23,26-29,35-37,44,51H,10-13,16-17,20-21,24-25,30-34,38-43H2,1-9H3,(H,72,74)(H,73,75). The number of unbranched alkanes of at least 4 members (excludes halogenated alkanes) is 1. The highest BCUT2D eigenvalue weighted by Gasteiger charge is 2.53. The van der Waals surface area contributed by atoms with Gasteiger partial charge in [-0.1, -0.05) is 97.3 Å². The number of carbonyl (C=O) groups excluding carboxylic acids is 3. The minimum Gasteiger partial charge on any atom is -0.377 e. The number of likely N-dealkylation sites (N-methyl/N-ethyl adjacent to an activating group) is 1. The molecule has 2 aromatic heterocycles. The highest BCUT2D eigenvalue weighted by molar-refractivity contribution is 7.93. The number of benzene rings is 4.